The van der Waals surface area contributed by atoms with E-state index < -0.39 is 6.17 Å². The quantitative estimate of drug-likeness (QED) is 0.494. The van der Waals surface area contributed by atoms with Crippen molar-refractivity contribution in [2.75, 3.05) is 6.54 Å². The molecule has 0 aromatic heterocycles. The van der Waals surface area contributed by atoms with Crippen molar-refractivity contribution in [2.24, 2.45) is 4.99 Å². The van der Waals surface area contributed by atoms with Crippen LogP contribution in [0.25, 0.3) is 0 Å². The Hall–Kier alpha value is -0.600. The molecule has 0 amide bonds. The van der Waals surface area contributed by atoms with Crippen molar-refractivity contribution in [2.45, 2.75) is 52.8 Å². The van der Waals surface area contributed by atoms with Crippen LogP contribution in [-0.2, 0) is 4.74 Å². The van der Waals surface area contributed by atoms with E-state index in [0.717, 1.165) is 0 Å². The molecular weight excluding hydrogens is 169 g/mol. The lowest BCUT2D eigenvalue weighted by Gasteiger charge is -2.20. The summed E-state index contributed by atoms with van der Waals surface area (Å²) in [5.74, 6) is 0.559. The second kappa shape index (κ2) is 5.20. The standard InChI is InChI=1S/C10H20FNO/c1-6-9(11)7-12-8(2)13-10(3,4)5/h9H,6-7H2,1-5H3. The summed E-state index contributed by atoms with van der Waals surface area (Å²) in [6.45, 7) is 9.60. The first-order valence-corrected chi connectivity index (χ1v) is 4.69. The number of ether oxygens (including phenoxy) is 1. The number of hydrogen-bond donors (Lipinski definition) is 0. The normalized spacial score (nSPS) is 15.7. The Kier molecular flexibility index (Phi) is 4.96. The summed E-state index contributed by atoms with van der Waals surface area (Å²) in [6, 6.07) is 0. The zero-order chi connectivity index (χ0) is 10.5. The first kappa shape index (κ1) is 12.4. The fourth-order valence-electron chi connectivity index (χ4n) is 0.832. The van der Waals surface area contributed by atoms with Crippen LogP contribution in [0.5, 0.6) is 0 Å². The number of aliphatic imine (C=N–C) groups is 1. The van der Waals surface area contributed by atoms with Crippen LogP contribution in [0.3, 0.4) is 0 Å². The Bertz CT molecular complexity index is 172. The molecule has 0 aliphatic carbocycles. The maximum atomic E-state index is 12.8. The molecule has 0 rings (SSSR count). The summed E-state index contributed by atoms with van der Waals surface area (Å²) in [5.41, 5.74) is -0.244. The highest BCUT2D eigenvalue weighted by atomic mass is 19.1. The van der Waals surface area contributed by atoms with Gasteiger partial charge >= 0.3 is 0 Å². The summed E-state index contributed by atoms with van der Waals surface area (Å²) in [7, 11) is 0. The van der Waals surface area contributed by atoms with E-state index in [9.17, 15) is 4.39 Å². The number of nitrogens with zero attached hydrogens (tertiary/aromatic N) is 1. The summed E-state index contributed by atoms with van der Waals surface area (Å²) >= 11 is 0. The molecule has 0 spiro atoms. The van der Waals surface area contributed by atoms with E-state index in [0.29, 0.717) is 12.3 Å². The molecular formula is C10H20FNO. The Morgan fingerprint density at radius 1 is 1.46 bits per heavy atom. The van der Waals surface area contributed by atoms with Crippen molar-refractivity contribution in [3.05, 3.63) is 0 Å². The highest BCUT2D eigenvalue weighted by Gasteiger charge is 2.12. The van der Waals surface area contributed by atoms with Crippen LogP contribution in [0, 0.1) is 0 Å². The summed E-state index contributed by atoms with van der Waals surface area (Å²) in [4.78, 5) is 4.00. The molecule has 0 saturated carbocycles. The van der Waals surface area contributed by atoms with Gasteiger partial charge in [0.25, 0.3) is 0 Å². The molecule has 0 N–H and O–H groups in total. The van der Waals surface area contributed by atoms with Crippen molar-refractivity contribution in [1.29, 1.82) is 0 Å². The van der Waals surface area contributed by atoms with Gasteiger partial charge in [-0.2, -0.15) is 0 Å². The SMILES string of the molecule is CCC(F)CN=C(C)OC(C)(C)C. The Morgan fingerprint density at radius 2 is 2.00 bits per heavy atom. The summed E-state index contributed by atoms with van der Waals surface area (Å²) < 4.78 is 18.2. The lowest BCUT2D eigenvalue weighted by Crippen LogP contribution is -2.22. The molecule has 1 unspecified atom stereocenters. The predicted octanol–water partition coefficient (Wildman–Crippen LogP) is 2.97. The molecule has 0 aromatic rings. The second-order valence-electron chi connectivity index (χ2n) is 4.08. The third-order valence-corrected chi connectivity index (χ3v) is 1.41. The predicted molar refractivity (Wildman–Crippen MR) is 54.0 cm³/mol. The molecule has 0 radical (unpaired) electrons. The Balaban J connectivity index is 3.89. The lowest BCUT2D eigenvalue weighted by atomic mass is 10.2. The molecule has 0 saturated heterocycles. The van der Waals surface area contributed by atoms with E-state index in [2.05, 4.69) is 4.99 Å². The molecule has 2 nitrogen and oxygen atoms in total. The van der Waals surface area contributed by atoms with Crippen molar-refractivity contribution < 1.29 is 9.13 Å². The molecule has 13 heavy (non-hydrogen) atoms. The van der Waals surface area contributed by atoms with Gasteiger partial charge < -0.3 is 4.74 Å². The van der Waals surface area contributed by atoms with E-state index in [1.54, 1.807) is 13.8 Å². The fraction of sp³-hybridized carbons (Fsp3) is 0.900. The molecule has 0 aliphatic heterocycles. The van der Waals surface area contributed by atoms with Crippen LogP contribution in [-0.4, -0.2) is 24.2 Å². The van der Waals surface area contributed by atoms with Gasteiger partial charge in [-0.3, -0.25) is 4.99 Å². The van der Waals surface area contributed by atoms with Crippen LogP contribution < -0.4 is 0 Å². The molecule has 0 fully saturated rings. The zero-order valence-corrected chi connectivity index (χ0v) is 9.22. The van der Waals surface area contributed by atoms with E-state index in [1.807, 2.05) is 20.8 Å². The third-order valence-electron chi connectivity index (χ3n) is 1.41. The van der Waals surface area contributed by atoms with Gasteiger partial charge in [0.15, 0.2) is 5.90 Å². The second-order valence-corrected chi connectivity index (χ2v) is 4.08. The molecule has 3 heteroatoms. The molecule has 0 aromatic carbocycles. The first-order valence-electron chi connectivity index (χ1n) is 4.69. The Labute approximate surface area is 80.2 Å². The monoisotopic (exact) mass is 189 g/mol. The maximum absolute atomic E-state index is 12.8. The summed E-state index contributed by atoms with van der Waals surface area (Å²) in [6.07, 6.45) is -0.342. The molecule has 0 aliphatic rings. The van der Waals surface area contributed by atoms with E-state index in [1.165, 1.54) is 0 Å². The van der Waals surface area contributed by atoms with Gasteiger partial charge in [-0.25, -0.2) is 4.39 Å². The largest absolute Gasteiger partial charge is 0.476 e. The highest BCUT2D eigenvalue weighted by Crippen LogP contribution is 2.08. The van der Waals surface area contributed by atoms with Crippen molar-refractivity contribution in [3.63, 3.8) is 0 Å². The number of hydrogen-bond acceptors (Lipinski definition) is 2. The van der Waals surface area contributed by atoms with Gasteiger partial charge in [-0.1, -0.05) is 6.92 Å². The minimum atomic E-state index is -0.849. The van der Waals surface area contributed by atoms with Crippen LogP contribution in [0.4, 0.5) is 4.39 Å². The third kappa shape index (κ3) is 7.75. The van der Waals surface area contributed by atoms with Gasteiger partial charge in [0.05, 0.1) is 6.54 Å². The average molecular weight is 189 g/mol. The van der Waals surface area contributed by atoms with Gasteiger partial charge in [-0.05, 0) is 27.2 Å². The zero-order valence-electron chi connectivity index (χ0n) is 9.22. The summed E-state index contributed by atoms with van der Waals surface area (Å²) in [5, 5.41) is 0. The van der Waals surface area contributed by atoms with Crippen LogP contribution in [0.2, 0.25) is 0 Å². The minimum Gasteiger partial charge on any atom is -0.476 e. The first-order chi connectivity index (χ1) is 5.85. The number of halogens is 1. The van der Waals surface area contributed by atoms with E-state index >= 15 is 0 Å². The maximum Gasteiger partial charge on any atom is 0.180 e. The Morgan fingerprint density at radius 3 is 2.38 bits per heavy atom. The molecule has 78 valence electrons. The molecule has 0 bridgehead atoms. The van der Waals surface area contributed by atoms with E-state index in [-0.39, 0.29) is 12.1 Å². The van der Waals surface area contributed by atoms with Gasteiger partial charge in [0.1, 0.15) is 11.8 Å². The molecule has 1 atom stereocenters. The van der Waals surface area contributed by atoms with Crippen LogP contribution in [0.1, 0.15) is 41.0 Å². The van der Waals surface area contributed by atoms with Gasteiger partial charge in [0, 0.05) is 6.92 Å². The van der Waals surface area contributed by atoms with Crippen molar-refractivity contribution in [1.82, 2.24) is 0 Å². The topological polar surface area (TPSA) is 21.6 Å². The van der Waals surface area contributed by atoms with Crippen LogP contribution in [0.15, 0.2) is 4.99 Å². The fourth-order valence-corrected chi connectivity index (χ4v) is 0.832. The highest BCUT2D eigenvalue weighted by molar-refractivity contribution is 5.73. The van der Waals surface area contributed by atoms with E-state index in [4.69, 9.17) is 4.74 Å². The van der Waals surface area contributed by atoms with Crippen LogP contribution >= 0.6 is 0 Å². The number of alkyl halides is 1. The minimum absolute atomic E-state index is 0.207. The molecule has 0 heterocycles. The van der Waals surface area contributed by atoms with Crippen molar-refractivity contribution >= 4 is 5.90 Å². The van der Waals surface area contributed by atoms with Gasteiger partial charge in [0.2, 0.25) is 0 Å². The average Bonchev–Trinajstić information content (AvgIpc) is 1.97. The lowest BCUT2D eigenvalue weighted by molar-refractivity contribution is 0.114. The van der Waals surface area contributed by atoms with Crippen molar-refractivity contribution in [3.8, 4) is 0 Å². The van der Waals surface area contributed by atoms with Gasteiger partial charge in [-0.15, -0.1) is 0 Å². The number of rotatable bonds is 3. The smallest absolute Gasteiger partial charge is 0.180 e.